The Morgan fingerprint density at radius 3 is 2.09 bits per heavy atom. The first-order chi connectivity index (χ1) is 15.6. The molecule has 0 fully saturated rings. The van der Waals surface area contributed by atoms with Crippen molar-refractivity contribution in [2.24, 2.45) is 0 Å². The van der Waals surface area contributed by atoms with E-state index in [-0.39, 0.29) is 12.5 Å². The summed E-state index contributed by atoms with van der Waals surface area (Å²) < 4.78 is 10.9. The highest BCUT2D eigenvalue weighted by molar-refractivity contribution is 5.91. The van der Waals surface area contributed by atoms with Crippen LogP contribution in [0.15, 0.2) is 97.1 Å². The summed E-state index contributed by atoms with van der Waals surface area (Å²) in [5, 5.41) is 2.80. The number of hydrogen-bond donors (Lipinski definition) is 1. The summed E-state index contributed by atoms with van der Waals surface area (Å²) >= 11 is 0. The number of ether oxygens (including phenoxy) is 2. The summed E-state index contributed by atoms with van der Waals surface area (Å²) in [5.74, 6) is -0.146. The van der Waals surface area contributed by atoms with Crippen LogP contribution in [0.1, 0.15) is 22.8 Å². The van der Waals surface area contributed by atoms with Gasteiger partial charge in [-0.25, -0.2) is 4.79 Å². The molecule has 3 rings (SSSR count). The molecule has 1 atom stereocenters. The fourth-order valence-electron chi connectivity index (χ4n) is 2.97. The van der Waals surface area contributed by atoms with Crippen molar-refractivity contribution in [2.75, 3.05) is 13.7 Å². The Morgan fingerprint density at radius 2 is 1.47 bits per heavy atom. The quantitative estimate of drug-likeness (QED) is 0.393. The highest BCUT2D eigenvalue weighted by Crippen LogP contribution is 2.22. The molecule has 1 N–H and O–H groups in total. The number of carbonyl (C=O) groups excluding carboxylic acids is 2. The lowest BCUT2D eigenvalue weighted by Gasteiger charge is -2.18. The molecule has 0 aliphatic heterocycles. The first-order valence-corrected chi connectivity index (χ1v) is 10.2. The van der Waals surface area contributed by atoms with Gasteiger partial charge in [-0.1, -0.05) is 72.8 Å². The predicted octanol–water partition coefficient (Wildman–Crippen LogP) is 4.82. The summed E-state index contributed by atoms with van der Waals surface area (Å²) in [4.78, 5) is 24.7. The van der Waals surface area contributed by atoms with Gasteiger partial charge in [-0.3, -0.25) is 4.79 Å². The van der Waals surface area contributed by atoms with Gasteiger partial charge < -0.3 is 14.8 Å². The highest BCUT2D eigenvalue weighted by Gasteiger charge is 2.17. The van der Waals surface area contributed by atoms with Gasteiger partial charge in [-0.2, -0.15) is 0 Å². The zero-order valence-electron chi connectivity index (χ0n) is 17.8. The van der Waals surface area contributed by atoms with Crippen molar-refractivity contribution in [2.45, 2.75) is 6.10 Å². The number of hydrogen-bond acceptors (Lipinski definition) is 4. The van der Waals surface area contributed by atoms with Crippen molar-refractivity contribution >= 4 is 24.0 Å². The lowest BCUT2D eigenvalue weighted by molar-refractivity contribution is -0.143. The maximum absolute atomic E-state index is 12.4. The van der Waals surface area contributed by atoms with Gasteiger partial charge in [0.15, 0.2) is 0 Å². The molecule has 1 amide bonds. The summed E-state index contributed by atoms with van der Waals surface area (Å²) in [7, 11) is 1.57. The topological polar surface area (TPSA) is 64.6 Å². The first kappa shape index (κ1) is 22.6. The van der Waals surface area contributed by atoms with E-state index in [4.69, 9.17) is 9.47 Å². The molecule has 162 valence electrons. The number of amides is 1. The summed E-state index contributed by atoms with van der Waals surface area (Å²) in [5.41, 5.74) is 2.53. The van der Waals surface area contributed by atoms with Crippen LogP contribution in [0.5, 0.6) is 5.75 Å². The van der Waals surface area contributed by atoms with E-state index in [9.17, 15) is 9.59 Å². The summed E-state index contributed by atoms with van der Waals surface area (Å²) in [6.45, 7) is 0.121. The van der Waals surface area contributed by atoms with Crippen molar-refractivity contribution in [1.82, 2.24) is 5.32 Å². The van der Waals surface area contributed by atoms with Crippen molar-refractivity contribution in [3.8, 4) is 5.75 Å². The number of benzene rings is 3. The van der Waals surface area contributed by atoms with E-state index in [0.29, 0.717) is 5.75 Å². The summed E-state index contributed by atoms with van der Waals surface area (Å²) in [6.07, 6.45) is 5.57. The third kappa shape index (κ3) is 7.29. The van der Waals surface area contributed by atoms with Gasteiger partial charge in [0.05, 0.1) is 13.7 Å². The molecule has 0 aliphatic carbocycles. The standard InChI is InChI=1S/C27H25NO4/c1-31-24-14-8-13-23(19-24)25(32-27(30)18-16-22-11-6-3-7-12-22)20-28-26(29)17-15-21-9-4-2-5-10-21/h2-19,25H,20H2,1H3,(H,28,29). The molecule has 0 spiro atoms. The number of nitrogens with one attached hydrogen (secondary N) is 1. The molecular weight excluding hydrogens is 402 g/mol. The second-order valence-corrected chi connectivity index (χ2v) is 6.94. The highest BCUT2D eigenvalue weighted by atomic mass is 16.5. The van der Waals surface area contributed by atoms with Gasteiger partial charge in [0.25, 0.3) is 0 Å². The Bertz CT molecular complexity index is 1080. The lowest BCUT2D eigenvalue weighted by atomic mass is 10.1. The average molecular weight is 428 g/mol. The SMILES string of the molecule is COc1cccc(C(CNC(=O)C=Cc2ccccc2)OC(=O)C=Cc2ccccc2)c1. The maximum atomic E-state index is 12.4. The molecule has 3 aromatic rings. The van der Waals surface area contributed by atoms with Crippen LogP contribution in [0.4, 0.5) is 0 Å². The smallest absolute Gasteiger partial charge is 0.331 e. The predicted molar refractivity (Wildman–Crippen MR) is 126 cm³/mol. The fourth-order valence-corrected chi connectivity index (χ4v) is 2.97. The van der Waals surface area contributed by atoms with E-state index in [1.165, 1.54) is 12.2 Å². The van der Waals surface area contributed by atoms with E-state index in [1.54, 1.807) is 31.4 Å². The van der Waals surface area contributed by atoms with Gasteiger partial charge in [0.2, 0.25) is 5.91 Å². The van der Waals surface area contributed by atoms with Gasteiger partial charge in [0, 0.05) is 12.2 Å². The van der Waals surface area contributed by atoms with Gasteiger partial charge in [0.1, 0.15) is 11.9 Å². The second-order valence-electron chi connectivity index (χ2n) is 6.94. The van der Waals surface area contributed by atoms with E-state index < -0.39 is 12.1 Å². The van der Waals surface area contributed by atoms with E-state index in [0.717, 1.165) is 16.7 Å². The van der Waals surface area contributed by atoms with Gasteiger partial charge in [-0.15, -0.1) is 0 Å². The Morgan fingerprint density at radius 1 is 0.844 bits per heavy atom. The number of rotatable bonds is 9. The number of methoxy groups -OCH3 is 1. The van der Waals surface area contributed by atoms with Crippen LogP contribution in [0.25, 0.3) is 12.2 Å². The van der Waals surface area contributed by atoms with Gasteiger partial charge >= 0.3 is 5.97 Å². The van der Waals surface area contributed by atoms with Crippen LogP contribution >= 0.6 is 0 Å². The lowest BCUT2D eigenvalue weighted by Crippen LogP contribution is -2.29. The van der Waals surface area contributed by atoms with Crippen molar-refractivity contribution in [3.63, 3.8) is 0 Å². The van der Waals surface area contributed by atoms with Gasteiger partial charge in [-0.05, 0) is 41.0 Å². The van der Waals surface area contributed by atoms with Crippen molar-refractivity contribution in [3.05, 3.63) is 114 Å². The van der Waals surface area contributed by atoms with E-state index in [2.05, 4.69) is 5.32 Å². The summed E-state index contributed by atoms with van der Waals surface area (Å²) in [6, 6.07) is 26.2. The normalized spacial score (nSPS) is 11.9. The Kier molecular flexibility index (Phi) is 8.40. The third-order valence-electron chi connectivity index (χ3n) is 4.62. The largest absolute Gasteiger partial charge is 0.497 e. The molecule has 0 saturated carbocycles. The van der Waals surface area contributed by atoms with Crippen LogP contribution in [-0.2, 0) is 14.3 Å². The Hall–Kier alpha value is -4.12. The zero-order valence-corrected chi connectivity index (χ0v) is 17.8. The van der Waals surface area contributed by atoms with Crippen molar-refractivity contribution in [1.29, 1.82) is 0 Å². The number of esters is 1. The van der Waals surface area contributed by atoms with Crippen LogP contribution < -0.4 is 10.1 Å². The minimum absolute atomic E-state index is 0.121. The molecule has 0 heterocycles. The first-order valence-electron chi connectivity index (χ1n) is 10.2. The van der Waals surface area contributed by atoms with Crippen LogP contribution in [0.2, 0.25) is 0 Å². The molecule has 0 aromatic heterocycles. The maximum Gasteiger partial charge on any atom is 0.331 e. The van der Waals surface area contributed by atoms with Crippen LogP contribution in [0.3, 0.4) is 0 Å². The molecule has 32 heavy (non-hydrogen) atoms. The molecule has 0 radical (unpaired) electrons. The molecule has 5 heteroatoms. The fraction of sp³-hybridized carbons (Fsp3) is 0.111. The molecule has 5 nitrogen and oxygen atoms in total. The molecule has 1 unspecified atom stereocenters. The van der Waals surface area contributed by atoms with Crippen LogP contribution in [-0.4, -0.2) is 25.5 Å². The second kappa shape index (κ2) is 11.9. The van der Waals surface area contributed by atoms with E-state index >= 15 is 0 Å². The molecule has 0 saturated heterocycles. The average Bonchev–Trinajstić information content (AvgIpc) is 2.85. The minimum atomic E-state index is -0.674. The minimum Gasteiger partial charge on any atom is -0.497 e. The molecule has 0 bridgehead atoms. The van der Waals surface area contributed by atoms with Crippen LogP contribution in [0, 0.1) is 0 Å². The third-order valence-corrected chi connectivity index (χ3v) is 4.62. The Labute approximate surface area is 188 Å². The monoisotopic (exact) mass is 427 g/mol. The Balaban J connectivity index is 1.67. The van der Waals surface area contributed by atoms with E-state index in [1.807, 2.05) is 72.8 Å². The zero-order chi connectivity index (χ0) is 22.6. The molecular formula is C27H25NO4. The van der Waals surface area contributed by atoms with Crippen molar-refractivity contribution < 1.29 is 19.1 Å². The number of carbonyl (C=O) groups is 2. The molecule has 0 aliphatic rings. The molecule has 3 aromatic carbocycles.